The summed E-state index contributed by atoms with van der Waals surface area (Å²) in [6, 6.07) is 12.9. The Morgan fingerprint density at radius 2 is 2.08 bits per heavy atom. The predicted octanol–water partition coefficient (Wildman–Crippen LogP) is 5.35. The topological polar surface area (TPSA) is 41.6 Å². The number of hydrogen-bond acceptors (Lipinski definition) is 3. The van der Waals surface area contributed by atoms with Gasteiger partial charge in [0.15, 0.2) is 0 Å². The van der Waals surface area contributed by atoms with Gasteiger partial charge in [0.1, 0.15) is 11.6 Å². The lowest BCUT2D eigenvalue weighted by Crippen LogP contribution is -1.91. The van der Waals surface area contributed by atoms with E-state index in [9.17, 15) is 4.39 Å². The molecule has 0 aliphatic heterocycles. The van der Waals surface area contributed by atoms with Crippen molar-refractivity contribution in [3.05, 3.63) is 70.1 Å². The molecular weight excluding hydrogens is 401 g/mol. The summed E-state index contributed by atoms with van der Waals surface area (Å²) >= 11 is 5.04. The molecule has 2 aromatic heterocycles. The number of aryl methyl sites for hydroxylation is 1. The molecule has 0 saturated heterocycles. The molecule has 0 amide bonds. The Labute approximate surface area is 157 Å². The fourth-order valence-corrected chi connectivity index (χ4v) is 4.12. The Morgan fingerprint density at radius 1 is 1.16 bits per heavy atom. The highest BCUT2D eigenvalue weighted by atomic mass is 79.9. The van der Waals surface area contributed by atoms with Crippen molar-refractivity contribution in [3.63, 3.8) is 0 Å². The van der Waals surface area contributed by atoms with Crippen molar-refractivity contribution in [1.29, 1.82) is 0 Å². The maximum absolute atomic E-state index is 13.5. The molecule has 1 N–H and O–H groups in total. The molecule has 25 heavy (non-hydrogen) atoms. The van der Waals surface area contributed by atoms with Crippen LogP contribution < -0.4 is 0 Å². The number of imidazole rings is 1. The lowest BCUT2D eigenvalue weighted by molar-refractivity contribution is 0.628. The first-order valence-corrected chi connectivity index (χ1v) is 9.95. The third-order valence-corrected chi connectivity index (χ3v) is 5.28. The van der Waals surface area contributed by atoms with E-state index in [1.165, 1.54) is 17.7 Å². The van der Waals surface area contributed by atoms with Gasteiger partial charge in [-0.25, -0.2) is 14.4 Å². The zero-order valence-corrected chi connectivity index (χ0v) is 15.7. The van der Waals surface area contributed by atoms with Crippen LogP contribution in [-0.2, 0) is 12.8 Å². The minimum Gasteiger partial charge on any atom is -0.342 e. The van der Waals surface area contributed by atoms with E-state index in [1.807, 2.05) is 6.07 Å². The maximum atomic E-state index is 13.5. The molecule has 126 valence electrons. The standard InChI is InChI=1S/C19H15BrFN3S/c20-7-6-12-4-5-15-16(8-12)24-18(23-15)10-17-19(22-11-25-17)13-2-1-3-14(21)9-13/h1-5,8-9,11H,6-7,10H2,(H,23,24). The number of benzene rings is 2. The van der Waals surface area contributed by atoms with E-state index in [0.29, 0.717) is 6.42 Å². The van der Waals surface area contributed by atoms with Crippen LogP contribution in [0.1, 0.15) is 16.3 Å². The van der Waals surface area contributed by atoms with Crippen molar-refractivity contribution in [1.82, 2.24) is 15.0 Å². The van der Waals surface area contributed by atoms with Crippen molar-refractivity contribution >= 4 is 38.3 Å². The summed E-state index contributed by atoms with van der Waals surface area (Å²) in [5.74, 6) is 0.646. The summed E-state index contributed by atoms with van der Waals surface area (Å²) < 4.78 is 13.5. The normalized spacial score (nSPS) is 11.3. The van der Waals surface area contributed by atoms with E-state index in [4.69, 9.17) is 4.98 Å². The Hall–Kier alpha value is -2.05. The Balaban J connectivity index is 1.65. The molecule has 6 heteroatoms. The quantitative estimate of drug-likeness (QED) is 0.446. The molecule has 0 aliphatic rings. The number of aromatic nitrogens is 3. The molecule has 0 fully saturated rings. The van der Waals surface area contributed by atoms with Gasteiger partial charge in [-0.05, 0) is 36.2 Å². The van der Waals surface area contributed by atoms with E-state index in [-0.39, 0.29) is 5.82 Å². The largest absolute Gasteiger partial charge is 0.342 e. The highest BCUT2D eigenvalue weighted by Gasteiger charge is 2.12. The third-order valence-electron chi connectivity index (χ3n) is 4.05. The van der Waals surface area contributed by atoms with Crippen molar-refractivity contribution in [2.75, 3.05) is 5.33 Å². The lowest BCUT2D eigenvalue weighted by Gasteiger charge is -2.01. The Kier molecular flexibility index (Phi) is 4.63. The number of thiazole rings is 1. The van der Waals surface area contributed by atoms with Gasteiger partial charge in [-0.3, -0.25) is 0 Å². The van der Waals surface area contributed by atoms with Crippen LogP contribution in [0, 0.1) is 5.82 Å². The first-order valence-electron chi connectivity index (χ1n) is 7.95. The number of hydrogen-bond donors (Lipinski definition) is 1. The smallest absolute Gasteiger partial charge is 0.123 e. The molecule has 0 unspecified atom stereocenters. The van der Waals surface area contributed by atoms with E-state index in [1.54, 1.807) is 22.9 Å². The van der Waals surface area contributed by atoms with Gasteiger partial charge in [0.05, 0.1) is 22.2 Å². The monoisotopic (exact) mass is 415 g/mol. The van der Waals surface area contributed by atoms with Crippen LogP contribution in [0.25, 0.3) is 22.3 Å². The van der Waals surface area contributed by atoms with Crippen molar-refractivity contribution < 1.29 is 4.39 Å². The highest BCUT2D eigenvalue weighted by Crippen LogP contribution is 2.28. The first kappa shape index (κ1) is 16.4. The number of nitrogens with zero attached hydrogens (tertiary/aromatic N) is 2. The molecule has 0 aliphatic carbocycles. The number of H-pyrrole nitrogens is 1. The summed E-state index contributed by atoms with van der Waals surface area (Å²) in [6.07, 6.45) is 1.63. The minimum atomic E-state index is -0.250. The summed E-state index contributed by atoms with van der Waals surface area (Å²) in [5.41, 5.74) is 6.69. The van der Waals surface area contributed by atoms with Gasteiger partial charge in [-0.15, -0.1) is 11.3 Å². The number of alkyl halides is 1. The second-order valence-electron chi connectivity index (χ2n) is 5.79. The molecular formula is C19H15BrFN3S. The van der Waals surface area contributed by atoms with Crippen LogP contribution in [0.15, 0.2) is 48.0 Å². The molecule has 3 nitrogen and oxygen atoms in total. The average molecular weight is 416 g/mol. The second-order valence-corrected chi connectivity index (χ2v) is 7.52. The van der Waals surface area contributed by atoms with Crippen molar-refractivity contribution in [3.8, 4) is 11.3 Å². The number of rotatable bonds is 5. The molecule has 4 rings (SSSR count). The molecule has 2 aromatic carbocycles. The van der Waals surface area contributed by atoms with Gasteiger partial charge >= 0.3 is 0 Å². The number of aromatic amines is 1. The SMILES string of the molecule is Fc1cccc(-c2ncsc2Cc2nc3cc(CCBr)ccc3[nH]2)c1. The van der Waals surface area contributed by atoms with Gasteiger partial charge in [0.2, 0.25) is 0 Å². The van der Waals surface area contributed by atoms with E-state index >= 15 is 0 Å². The fourth-order valence-electron chi connectivity index (χ4n) is 2.87. The maximum Gasteiger partial charge on any atom is 0.123 e. The van der Waals surface area contributed by atoms with E-state index < -0.39 is 0 Å². The number of nitrogens with one attached hydrogen (secondary N) is 1. The van der Waals surface area contributed by atoms with Gasteiger partial charge in [-0.2, -0.15) is 0 Å². The predicted molar refractivity (Wildman–Crippen MR) is 104 cm³/mol. The first-order chi connectivity index (χ1) is 12.2. The average Bonchev–Trinajstić information content (AvgIpc) is 3.21. The van der Waals surface area contributed by atoms with Gasteiger partial charge in [-0.1, -0.05) is 34.1 Å². The van der Waals surface area contributed by atoms with Gasteiger partial charge in [0.25, 0.3) is 0 Å². The van der Waals surface area contributed by atoms with Crippen LogP contribution in [0.4, 0.5) is 4.39 Å². The molecule has 4 aromatic rings. The zero-order valence-electron chi connectivity index (χ0n) is 13.3. The molecule has 0 radical (unpaired) electrons. The summed E-state index contributed by atoms with van der Waals surface area (Å²) in [7, 11) is 0. The molecule has 2 heterocycles. The second kappa shape index (κ2) is 7.06. The highest BCUT2D eigenvalue weighted by molar-refractivity contribution is 9.09. The van der Waals surface area contributed by atoms with Crippen molar-refractivity contribution in [2.45, 2.75) is 12.8 Å². The van der Waals surface area contributed by atoms with Crippen LogP contribution >= 0.6 is 27.3 Å². The van der Waals surface area contributed by atoms with Crippen LogP contribution in [0.3, 0.4) is 0 Å². The summed E-state index contributed by atoms with van der Waals surface area (Å²) in [5, 5.41) is 0.938. The van der Waals surface area contributed by atoms with Gasteiger partial charge in [0, 0.05) is 22.2 Å². The molecule has 0 saturated carbocycles. The summed E-state index contributed by atoms with van der Waals surface area (Å²) in [6.45, 7) is 0. The van der Waals surface area contributed by atoms with Gasteiger partial charge < -0.3 is 4.98 Å². The van der Waals surface area contributed by atoms with Crippen molar-refractivity contribution in [2.24, 2.45) is 0 Å². The number of halogens is 2. The lowest BCUT2D eigenvalue weighted by atomic mass is 10.1. The minimum absolute atomic E-state index is 0.250. The van der Waals surface area contributed by atoms with E-state index in [0.717, 1.165) is 44.7 Å². The van der Waals surface area contributed by atoms with E-state index in [2.05, 4.69) is 44.1 Å². The molecule has 0 spiro atoms. The fraction of sp³-hybridized carbons (Fsp3) is 0.158. The zero-order chi connectivity index (χ0) is 17.2. The molecule has 0 bridgehead atoms. The summed E-state index contributed by atoms with van der Waals surface area (Å²) in [4.78, 5) is 13.6. The molecule has 0 atom stereocenters. The Morgan fingerprint density at radius 3 is 2.92 bits per heavy atom. The van der Waals surface area contributed by atoms with Crippen LogP contribution in [-0.4, -0.2) is 20.3 Å². The van der Waals surface area contributed by atoms with Crippen LogP contribution in [0.2, 0.25) is 0 Å². The third kappa shape index (κ3) is 3.50. The van der Waals surface area contributed by atoms with Crippen LogP contribution in [0.5, 0.6) is 0 Å². The Bertz CT molecular complexity index is 1020. The number of fused-ring (bicyclic) bond motifs is 1.